The molecule has 1 saturated heterocycles. The highest BCUT2D eigenvalue weighted by molar-refractivity contribution is 5.74. The first-order valence-electron chi connectivity index (χ1n) is 7.50. The average Bonchev–Trinajstić information content (AvgIpc) is 2.93. The summed E-state index contributed by atoms with van der Waals surface area (Å²) in [4.78, 5) is 34.6. The summed E-state index contributed by atoms with van der Waals surface area (Å²) in [7, 11) is 1.73. The lowest BCUT2D eigenvalue weighted by molar-refractivity contribution is 0.0238. The van der Waals surface area contributed by atoms with Gasteiger partial charge in [-0.05, 0) is 27.2 Å². The lowest BCUT2D eigenvalue weighted by Gasteiger charge is -2.28. The zero-order valence-corrected chi connectivity index (χ0v) is 13.9. The third-order valence-electron chi connectivity index (χ3n) is 3.59. The van der Waals surface area contributed by atoms with E-state index < -0.39 is 5.60 Å². The highest BCUT2D eigenvalue weighted by Gasteiger charge is 2.31. The first kappa shape index (κ1) is 17.0. The summed E-state index contributed by atoms with van der Waals surface area (Å²) in [6.45, 7) is 6.83. The van der Waals surface area contributed by atoms with Crippen molar-refractivity contribution in [3.63, 3.8) is 0 Å². The Morgan fingerprint density at radius 3 is 2.78 bits per heavy atom. The van der Waals surface area contributed by atoms with Gasteiger partial charge in [-0.2, -0.15) is 4.98 Å². The molecular weight excluding hydrogens is 298 g/mol. The number of carbonyl (C=O) groups excluding carboxylic acids is 2. The van der Waals surface area contributed by atoms with Crippen LogP contribution in [0.25, 0.3) is 0 Å². The summed E-state index contributed by atoms with van der Waals surface area (Å²) in [6.07, 6.45) is 1.08. The summed E-state index contributed by atoms with van der Waals surface area (Å²) < 4.78 is 5.39. The van der Waals surface area contributed by atoms with Gasteiger partial charge < -0.3 is 20.3 Å². The number of rotatable bonds is 3. The van der Waals surface area contributed by atoms with Gasteiger partial charge in [0, 0.05) is 26.2 Å². The monoisotopic (exact) mass is 321 g/mol. The third-order valence-corrected chi connectivity index (χ3v) is 3.59. The molecule has 1 atom stereocenters. The van der Waals surface area contributed by atoms with E-state index in [1.54, 1.807) is 18.0 Å². The number of hydrogen-bond donors (Lipinski definition) is 1. The van der Waals surface area contributed by atoms with E-state index in [1.807, 2.05) is 25.7 Å². The number of hydrogen-bond acceptors (Lipinski definition) is 7. The molecule has 1 amide bonds. The zero-order valence-electron chi connectivity index (χ0n) is 13.9. The van der Waals surface area contributed by atoms with Crippen LogP contribution in [0, 0.1) is 0 Å². The fraction of sp³-hybridized carbons (Fsp3) is 0.600. The van der Waals surface area contributed by atoms with Gasteiger partial charge in [0.25, 0.3) is 0 Å². The average molecular weight is 321 g/mol. The summed E-state index contributed by atoms with van der Waals surface area (Å²) in [5, 5.41) is 0. The molecule has 2 heterocycles. The van der Waals surface area contributed by atoms with Gasteiger partial charge in [-0.3, -0.25) is 4.79 Å². The standard InChI is InChI=1S/C15H23N5O3/c1-15(2,3)23-14(22)19(4)11-5-6-20(8-11)12-7-10(9-21)17-13(16)18-12/h7,9,11H,5-6,8H2,1-4H3,(H2,16,17,18)/t11-/m1/s1. The number of ether oxygens (including phenoxy) is 1. The number of carbonyl (C=O) groups is 2. The summed E-state index contributed by atoms with van der Waals surface area (Å²) >= 11 is 0. The number of nitrogens with two attached hydrogens (primary N) is 1. The van der Waals surface area contributed by atoms with Crippen molar-refractivity contribution in [2.75, 3.05) is 30.8 Å². The highest BCUT2D eigenvalue weighted by Crippen LogP contribution is 2.23. The number of amides is 1. The normalized spacial score (nSPS) is 17.9. The molecule has 0 unspecified atom stereocenters. The molecule has 0 bridgehead atoms. The smallest absolute Gasteiger partial charge is 0.410 e. The van der Waals surface area contributed by atoms with Crippen molar-refractivity contribution < 1.29 is 14.3 Å². The largest absolute Gasteiger partial charge is 0.444 e. The molecule has 0 aliphatic carbocycles. The Labute approximate surface area is 135 Å². The zero-order chi connectivity index (χ0) is 17.2. The summed E-state index contributed by atoms with van der Waals surface area (Å²) in [6, 6.07) is 1.61. The predicted octanol–water partition coefficient (Wildman–Crippen LogP) is 1.32. The van der Waals surface area contributed by atoms with Crippen molar-refractivity contribution in [1.29, 1.82) is 0 Å². The number of aromatic nitrogens is 2. The second kappa shape index (κ2) is 6.39. The maximum absolute atomic E-state index is 12.1. The van der Waals surface area contributed by atoms with Crippen molar-refractivity contribution in [3.8, 4) is 0 Å². The van der Waals surface area contributed by atoms with E-state index in [-0.39, 0.29) is 23.8 Å². The summed E-state index contributed by atoms with van der Waals surface area (Å²) in [5.74, 6) is 0.660. The molecule has 1 aromatic rings. The number of aldehydes is 1. The van der Waals surface area contributed by atoms with Crippen LogP contribution in [-0.4, -0.2) is 59.0 Å². The van der Waals surface area contributed by atoms with Gasteiger partial charge in [0.1, 0.15) is 17.1 Å². The van der Waals surface area contributed by atoms with Gasteiger partial charge in [0.2, 0.25) is 5.95 Å². The SMILES string of the molecule is CN(C(=O)OC(C)(C)C)[C@@H]1CCN(c2cc(C=O)nc(N)n2)C1. The molecule has 1 aliphatic heterocycles. The van der Waals surface area contributed by atoms with Crippen LogP contribution in [0.1, 0.15) is 37.7 Å². The fourth-order valence-electron chi connectivity index (χ4n) is 2.44. The van der Waals surface area contributed by atoms with Gasteiger partial charge in [-0.25, -0.2) is 9.78 Å². The highest BCUT2D eigenvalue weighted by atomic mass is 16.6. The lowest BCUT2D eigenvalue weighted by Crippen LogP contribution is -2.42. The van der Waals surface area contributed by atoms with E-state index in [9.17, 15) is 9.59 Å². The fourth-order valence-corrected chi connectivity index (χ4v) is 2.44. The van der Waals surface area contributed by atoms with E-state index >= 15 is 0 Å². The predicted molar refractivity (Wildman–Crippen MR) is 86.4 cm³/mol. The molecule has 2 rings (SSSR count). The molecule has 8 heteroatoms. The Morgan fingerprint density at radius 1 is 1.48 bits per heavy atom. The molecule has 23 heavy (non-hydrogen) atoms. The van der Waals surface area contributed by atoms with E-state index in [0.29, 0.717) is 25.2 Å². The van der Waals surface area contributed by atoms with Crippen molar-refractivity contribution in [1.82, 2.24) is 14.9 Å². The van der Waals surface area contributed by atoms with Gasteiger partial charge in [0.15, 0.2) is 6.29 Å². The van der Waals surface area contributed by atoms with Crippen molar-refractivity contribution in [3.05, 3.63) is 11.8 Å². The minimum absolute atomic E-state index is 0.0146. The number of anilines is 2. The van der Waals surface area contributed by atoms with Crippen molar-refractivity contribution in [2.24, 2.45) is 0 Å². The van der Waals surface area contributed by atoms with Crippen molar-refractivity contribution in [2.45, 2.75) is 38.8 Å². The Hall–Kier alpha value is -2.38. The second-order valence-corrected chi connectivity index (χ2v) is 6.61. The molecule has 0 spiro atoms. The molecule has 0 radical (unpaired) electrons. The van der Waals surface area contributed by atoms with Gasteiger partial charge in [-0.1, -0.05) is 0 Å². The Bertz CT molecular complexity index is 599. The van der Waals surface area contributed by atoms with Gasteiger partial charge in [0.05, 0.1) is 6.04 Å². The Kier molecular flexibility index (Phi) is 4.72. The molecule has 2 N–H and O–H groups in total. The minimum atomic E-state index is -0.524. The summed E-state index contributed by atoms with van der Waals surface area (Å²) in [5.41, 5.74) is 5.34. The van der Waals surface area contributed by atoms with Crippen LogP contribution in [-0.2, 0) is 4.74 Å². The van der Waals surface area contributed by atoms with Crippen LogP contribution in [0.5, 0.6) is 0 Å². The maximum atomic E-state index is 12.1. The first-order valence-corrected chi connectivity index (χ1v) is 7.50. The van der Waals surface area contributed by atoms with Crippen LogP contribution in [0.4, 0.5) is 16.6 Å². The van der Waals surface area contributed by atoms with Crippen LogP contribution in [0.15, 0.2) is 6.07 Å². The van der Waals surface area contributed by atoms with Crippen LogP contribution >= 0.6 is 0 Å². The molecule has 1 fully saturated rings. The molecule has 8 nitrogen and oxygen atoms in total. The Balaban J connectivity index is 2.05. The van der Waals surface area contributed by atoms with E-state index in [2.05, 4.69) is 9.97 Å². The molecule has 0 saturated carbocycles. The molecule has 1 aliphatic rings. The van der Waals surface area contributed by atoms with Gasteiger partial charge >= 0.3 is 6.09 Å². The number of nitrogen functional groups attached to an aromatic ring is 1. The lowest BCUT2D eigenvalue weighted by atomic mass is 10.2. The molecular formula is C15H23N5O3. The number of likely N-dealkylation sites (N-methyl/N-ethyl adjacent to an activating group) is 1. The van der Waals surface area contributed by atoms with Crippen LogP contribution in [0.3, 0.4) is 0 Å². The maximum Gasteiger partial charge on any atom is 0.410 e. The van der Waals surface area contributed by atoms with Crippen molar-refractivity contribution >= 4 is 24.1 Å². The number of nitrogens with zero attached hydrogens (tertiary/aromatic N) is 4. The van der Waals surface area contributed by atoms with E-state index in [0.717, 1.165) is 6.42 Å². The molecule has 1 aromatic heterocycles. The quantitative estimate of drug-likeness (QED) is 0.838. The van der Waals surface area contributed by atoms with E-state index in [4.69, 9.17) is 10.5 Å². The topological polar surface area (TPSA) is 102 Å². The molecule has 0 aromatic carbocycles. The Morgan fingerprint density at radius 2 is 2.17 bits per heavy atom. The third kappa shape index (κ3) is 4.30. The van der Waals surface area contributed by atoms with Crippen LogP contribution < -0.4 is 10.6 Å². The first-order chi connectivity index (χ1) is 10.7. The van der Waals surface area contributed by atoms with E-state index in [1.165, 1.54) is 0 Å². The van der Waals surface area contributed by atoms with Crippen LogP contribution in [0.2, 0.25) is 0 Å². The van der Waals surface area contributed by atoms with Gasteiger partial charge in [-0.15, -0.1) is 0 Å². The second-order valence-electron chi connectivity index (χ2n) is 6.61. The minimum Gasteiger partial charge on any atom is -0.444 e. The molecule has 126 valence electrons.